The van der Waals surface area contributed by atoms with E-state index in [-0.39, 0.29) is 25.2 Å². The number of allylic oxidation sites excluding steroid dienone is 4. The predicted octanol–water partition coefficient (Wildman–Crippen LogP) is 4.33. The molecule has 1 aliphatic rings. The molecule has 0 aliphatic heterocycles. The van der Waals surface area contributed by atoms with Crippen LogP contribution in [-0.2, 0) is 21.0 Å². The summed E-state index contributed by atoms with van der Waals surface area (Å²) in [5.41, 5.74) is 0.652. The van der Waals surface area contributed by atoms with E-state index in [0.29, 0.717) is 22.4 Å². The molecule has 1 aromatic carbocycles. The molecule has 8 heteroatoms. The monoisotopic (exact) mass is 380 g/mol. The van der Waals surface area contributed by atoms with Crippen LogP contribution in [-0.4, -0.2) is 30.7 Å². The third-order valence-electron chi connectivity index (χ3n) is 3.99. The number of carbonyl (C=O) groups is 1. The van der Waals surface area contributed by atoms with Crippen LogP contribution in [0, 0.1) is 5.41 Å². The van der Waals surface area contributed by atoms with Gasteiger partial charge in [0.25, 0.3) is 0 Å². The number of carbonyl (C=O) groups excluding carboxylic acids is 1. The molecule has 0 spiro atoms. The maximum Gasteiger partial charge on any atom is 0.412 e. The zero-order chi connectivity index (χ0) is 20.0. The van der Waals surface area contributed by atoms with E-state index >= 15 is 0 Å². The number of methoxy groups -OCH3 is 1. The molecule has 0 saturated carbocycles. The van der Waals surface area contributed by atoms with Crippen LogP contribution in [0.4, 0.5) is 13.2 Å². The van der Waals surface area contributed by atoms with Crippen molar-refractivity contribution in [3.8, 4) is 0 Å². The third kappa shape index (κ3) is 5.29. The quantitative estimate of drug-likeness (QED) is 0.454. The number of hydrogen-bond acceptors (Lipinski definition) is 5. The van der Waals surface area contributed by atoms with Crippen molar-refractivity contribution in [2.24, 2.45) is 5.16 Å². The van der Waals surface area contributed by atoms with Crippen LogP contribution in [0.15, 0.2) is 52.7 Å². The molecule has 0 fully saturated rings. The van der Waals surface area contributed by atoms with E-state index in [9.17, 15) is 18.0 Å². The summed E-state index contributed by atoms with van der Waals surface area (Å²) in [5, 5.41) is 11.7. The number of oxime groups is 1. The minimum atomic E-state index is -4.35. The molecule has 0 unspecified atom stereocenters. The molecular weight excluding hydrogens is 361 g/mol. The van der Waals surface area contributed by atoms with E-state index in [1.165, 1.54) is 7.11 Å². The number of esters is 1. The highest BCUT2D eigenvalue weighted by molar-refractivity contribution is 6.42. The smallest absolute Gasteiger partial charge is 0.412 e. The number of hydrogen-bond donors (Lipinski definition) is 1. The molecule has 1 aliphatic carbocycles. The van der Waals surface area contributed by atoms with Gasteiger partial charge in [0.15, 0.2) is 0 Å². The fourth-order valence-corrected chi connectivity index (χ4v) is 2.53. The van der Waals surface area contributed by atoms with Crippen LogP contribution < -0.4 is 0 Å². The molecule has 0 bridgehead atoms. The number of halogens is 3. The Balaban J connectivity index is 2.10. The van der Waals surface area contributed by atoms with E-state index in [0.717, 1.165) is 6.08 Å². The first kappa shape index (κ1) is 20.4. The molecule has 2 rings (SSSR count). The van der Waals surface area contributed by atoms with Gasteiger partial charge >= 0.3 is 12.1 Å². The maximum absolute atomic E-state index is 12.8. The zero-order valence-electron chi connectivity index (χ0n) is 14.9. The molecule has 0 atom stereocenters. The van der Waals surface area contributed by atoms with Crippen LogP contribution in [0.1, 0.15) is 30.9 Å². The summed E-state index contributed by atoms with van der Waals surface area (Å²) in [6.45, 7) is 1.51. The van der Waals surface area contributed by atoms with Crippen LogP contribution in [0.3, 0.4) is 0 Å². The summed E-state index contributed by atoms with van der Waals surface area (Å²) < 4.78 is 43.1. The second kappa shape index (κ2) is 8.66. The molecule has 1 N–H and O–H groups in total. The molecular formula is C19H19F3N2O3. The predicted molar refractivity (Wildman–Crippen MR) is 94.6 cm³/mol. The lowest BCUT2D eigenvalue weighted by atomic mass is 9.97. The SMILES string of the molecule is COC(=O)C(=N)c1ccccc1CO/N=C(\C)C1=CCCC(C(F)(F)F)=C1. The van der Waals surface area contributed by atoms with Crippen LogP contribution >= 0.6 is 0 Å². The standard InChI is InChI=1S/C19H19F3N2O3/c1-12(13-7-5-8-15(10-13)19(20,21)22)24-27-11-14-6-3-4-9-16(14)17(23)18(25)26-2/h3-4,6-7,9-10,23H,5,8,11H2,1-2H3/b23-17?,24-12+. The minimum Gasteiger partial charge on any atom is -0.464 e. The lowest BCUT2D eigenvalue weighted by Gasteiger charge is -2.16. The number of alkyl halides is 3. The number of benzene rings is 1. The van der Waals surface area contributed by atoms with Crippen molar-refractivity contribution in [1.82, 2.24) is 0 Å². The van der Waals surface area contributed by atoms with Gasteiger partial charge in [0, 0.05) is 16.7 Å². The molecule has 27 heavy (non-hydrogen) atoms. The summed E-state index contributed by atoms with van der Waals surface area (Å²) in [7, 11) is 1.18. The summed E-state index contributed by atoms with van der Waals surface area (Å²) in [6.07, 6.45) is -1.37. The Morgan fingerprint density at radius 1 is 1.30 bits per heavy atom. The van der Waals surface area contributed by atoms with Crippen LogP contribution in [0.5, 0.6) is 0 Å². The summed E-state index contributed by atoms with van der Waals surface area (Å²) in [6, 6.07) is 6.63. The second-order valence-electron chi connectivity index (χ2n) is 5.84. The average molecular weight is 380 g/mol. The van der Waals surface area contributed by atoms with Gasteiger partial charge in [-0.1, -0.05) is 35.5 Å². The van der Waals surface area contributed by atoms with E-state index in [1.54, 1.807) is 37.3 Å². The minimum absolute atomic E-state index is 0.0456. The van der Waals surface area contributed by atoms with Gasteiger partial charge < -0.3 is 9.57 Å². The molecule has 5 nitrogen and oxygen atoms in total. The first-order valence-corrected chi connectivity index (χ1v) is 8.14. The maximum atomic E-state index is 12.8. The lowest BCUT2D eigenvalue weighted by molar-refractivity contribution is -0.132. The van der Waals surface area contributed by atoms with Gasteiger partial charge in [-0.2, -0.15) is 13.2 Å². The van der Waals surface area contributed by atoms with Crippen molar-refractivity contribution < 1.29 is 27.5 Å². The number of ether oxygens (including phenoxy) is 1. The topological polar surface area (TPSA) is 71.7 Å². The Kier molecular flexibility index (Phi) is 6.55. The van der Waals surface area contributed by atoms with E-state index < -0.39 is 17.7 Å². The fraction of sp³-hybridized carbons (Fsp3) is 0.316. The van der Waals surface area contributed by atoms with Crippen molar-refractivity contribution in [1.29, 1.82) is 5.41 Å². The van der Waals surface area contributed by atoms with Gasteiger partial charge in [0.1, 0.15) is 12.3 Å². The Labute approximate surface area is 154 Å². The molecule has 0 aromatic heterocycles. The van der Waals surface area contributed by atoms with Crippen LogP contribution in [0.25, 0.3) is 0 Å². The normalized spacial score (nSPS) is 14.9. The number of rotatable bonds is 6. The van der Waals surface area contributed by atoms with Gasteiger partial charge in [-0.25, -0.2) is 4.79 Å². The van der Waals surface area contributed by atoms with Gasteiger partial charge in [-0.15, -0.1) is 0 Å². The lowest BCUT2D eigenvalue weighted by Crippen LogP contribution is -2.17. The van der Waals surface area contributed by atoms with Crippen molar-refractivity contribution in [3.05, 3.63) is 58.7 Å². The summed E-state index contributed by atoms with van der Waals surface area (Å²) in [4.78, 5) is 16.8. The molecule has 0 heterocycles. The Bertz CT molecular complexity index is 824. The van der Waals surface area contributed by atoms with Crippen molar-refractivity contribution >= 4 is 17.4 Å². The van der Waals surface area contributed by atoms with Crippen LogP contribution in [0.2, 0.25) is 0 Å². The molecule has 1 aromatic rings. The molecule has 0 saturated heterocycles. The average Bonchev–Trinajstić information content (AvgIpc) is 2.66. The molecule has 144 valence electrons. The molecule has 0 radical (unpaired) electrons. The highest BCUT2D eigenvalue weighted by Crippen LogP contribution is 2.33. The van der Waals surface area contributed by atoms with Gasteiger partial charge in [0.2, 0.25) is 0 Å². The number of nitrogens with zero attached hydrogens (tertiary/aromatic N) is 1. The van der Waals surface area contributed by atoms with Crippen molar-refractivity contribution in [2.45, 2.75) is 32.5 Å². The van der Waals surface area contributed by atoms with E-state index in [1.807, 2.05) is 0 Å². The Morgan fingerprint density at radius 2 is 2.00 bits per heavy atom. The van der Waals surface area contributed by atoms with E-state index in [2.05, 4.69) is 9.89 Å². The largest absolute Gasteiger partial charge is 0.464 e. The first-order valence-electron chi connectivity index (χ1n) is 8.14. The number of nitrogens with one attached hydrogen (secondary N) is 1. The third-order valence-corrected chi connectivity index (χ3v) is 3.99. The van der Waals surface area contributed by atoms with Gasteiger partial charge in [-0.05, 0) is 31.4 Å². The zero-order valence-corrected chi connectivity index (χ0v) is 14.9. The summed E-state index contributed by atoms with van der Waals surface area (Å²) in [5.74, 6) is -0.778. The Hall–Kier alpha value is -2.90. The molecule has 0 amide bonds. The van der Waals surface area contributed by atoms with E-state index in [4.69, 9.17) is 10.2 Å². The highest BCUT2D eigenvalue weighted by atomic mass is 19.4. The second-order valence-corrected chi connectivity index (χ2v) is 5.84. The van der Waals surface area contributed by atoms with Crippen molar-refractivity contribution in [2.75, 3.05) is 7.11 Å². The fourth-order valence-electron chi connectivity index (χ4n) is 2.53. The van der Waals surface area contributed by atoms with Crippen molar-refractivity contribution in [3.63, 3.8) is 0 Å². The Morgan fingerprint density at radius 3 is 2.67 bits per heavy atom. The van der Waals surface area contributed by atoms with Gasteiger partial charge in [-0.3, -0.25) is 5.41 Å². The highest BCUT2D eigenvalue weighted by Gasteiger charge is 2.34. The first-order chi connectivity index (χ1) is 12.7. The summed E-state index contributed by atoms with van der Waals surface area (Å²) >= 11 is 0. The van der Waals surface area contributed by atoms with Gasteiger partial charge in [0.05, 0.1) is 12.8 Å².